The Kier molecular flexibility index (Phi) is 8.82. The predicted molar refractivity (Wildman–Crippen MR) is 150 cm³/mol. The smallest absolute Gasteiger partial charge is 0.264 e. The first-order valence-corrected chi connectivity index (χ1v) is 14.7. The highest BCUT2D eigenvalue weighted by Gasteiger charge is 2.36. The lowest BCUT2D eigenvalue weighted by molar-refractivity contribution is 0.0956. The zero-order valence-electron chi connectivity index (χ0n) is 20.5. The van der Waals surface area contributed by atoms with Gasteiger partial charge in [-0.3, -0.25) is 8.98 Å². The summed E-state index contributed by atoms with van der Waals surface area (Å²) >= 11 is 1.79. The zero-order chi connectivity index (χ0) is 26.1. The molecule has 37 heavy (non-hydrogen) atoms. The first-order chi connectivity index (χ1) is 17.9. The van der Waals surface area contributed by atoms with E-state index in [1.54, 1.807) is 36.0 Å². The highest BCUT2D eigenvalue weighted by Crippen LogP contribution is 2.48. The molecule has 0 aliphatic rings. The van der Waals surface area contributed by atoms with Gasteiger partial charge in [0.25, 0.3) is 16.0 Å². The second kappa shape index (κ2) is 12.2. The van der Waals surface area contributed by atoms with Gasteiger partial charge < -0.3 is 5.32 Å². The SMILES string of the molecule is CS(=O)(=O)OCc1ccc(C(=O)NCCSC(c2ccccc2)(c2ccccc2)c2ccccc2)cc1. The molecule has 4 rings (SSSR count). The monoisotopic (exact) mass is 531 g/mol. The molecule has 0 fully saturated rings. The fraction of sp³-hybridized carbons (Fsp3) is 0.167. The van der Waals surface area contributed by atoms with Gasteiger partial charge in [0.2, 0.25) is 0 Å². The standard InChI is InChI=1S/C30H29NO4S2/c1-37(33,34)35-23-24-17-19-25(20-18-24)29(32)31-21-22-36-30(26-11-5-2-6-12-26,27-13-7-3-8-14-27)28-15-9-4-10-16-28/h2-20H,21-23H2,1H3,(H,31,32). The Morgan fingerprint density at radius 2 is 1.22 bits per heavy atom. The highest BCUT2D eigenvalue weighted by molar-refractivity contribution is 8.00. The molecule has 0 bridgehead atoms. The molecule has 0 spiro atoms. The average Bonchev–Trinajstić information content (AvgIpc) is 2.93. The molecule has 0 atom stereocenters. The summed E-state index contributed by atoms with van der Waals surface area (Å²) in [6.07, 6.45) is 1.01. The van der Waals surface area contributed by atoms with Crippen molar-refractivity contribution in [3.8, 4) is 0 Å². The first-order valence-electron chi connectivity index (χ1n) is 11.9. The van der Waals surface area contributed by atoms with E-state index in [-0.39, 0.29) is 12.5 Å². The van der Waals surface area contributed by atoms with Crippen molar-refractivity contribution < 1.29 is 17.4 Å². The average molecular weight is 532 g/mol. The lowest BCUT2D eigenvalue weighted by Gasteiger charge is -2.35. The molecular weight excluding hydrogens is 502 g/mol. The van der Waals surface area contributed by atoms with Crippen LogP contribution < -0.4 is 5.32 Å². The largest absolute Gasteiger partial charge is 0.351 e. The van der Waals surface area contributed by atoms with Gasteiger partial charge in [0.1, 0.15) is 0 Å². The molecule has 4 aromatic carbocycles. The Bertz CT molecular complexity index is 1300. The Balaban J connectivity index is 1.49. The van der Waals surface area contributed by atoms with Crippen molar-refractivity contribution in [1.82, 2.24) is 5.32 Å². The summed E-state index contributed by atoms with van der Waals surface area (Å²) in [6.45, 7) is 0.425. The summed E-state index contributed by atoms with van der Waals surface area (Å²) in [4.78, 5) is 12.8. The molecule has 190 valence electrons. The number of carbonyl (C=O) groups excluding carboxylic acids is 1. The number of amides is 1. The quantitative estimate of drug-likeness (QED) is 0.155. The van der Waals surface area contributed by atoms with E-state index in [4.69, 9.17) is 4.18 Å². The molecule has 1 amide bonds. The van der Waals surface area contributed by atoms with Crippen molar-refractivity contribution in [3.05, 3.63) is 143 Å². The summed E-state index contributed by atoms with van der Waals surface area (Å²) in [5.41, 5.74) is 4.71. The van der Waals surface area contributed by atoms with E-state index in [9.17, 15) is 13.2 Å². The third kappa shape index (κ3) is 6.89. The van der Waals surface area contributed by atoms with Gasteiger partial charge in [-0.1, -0.05) is 103 Å². The Morgan fingerprint density at radius 3 is 1.65 bits per heavy atom. The summed E-state index contributed by atoms with van der Waals surface area (Å²) in [5, 5.41) is 3.01. The lowest BCUT2D eigenvalue weighted by atomic mass is 9.84. The van der Waals surface area contributed by atoms with Crippen LogP contribution in [0.1, 0.15) is 32.6 Å². The maximum atomic E-state index is 12.8. The summed E-state index contributed by atoms with van der Waals surface area (Å²) in [7, 11) is -3.52. The number of hydrogen-bond donors (Lipinski definition) is 1. The molecule has 0 heterocycles. The van der Waals surface area contributed by atoms with Gasteiger partial charge in [-0.2, -0.15) is 8.42 Å². The second-order valence-electron chi connectivity index (χ2n) is 8.55. The van der Waals surface area contributed by atoms with Crippen LogP contribution in [0.4, 0.5) is 0 Å². The summed E-state index contributed by atoms with van der Waals surface area (Å²) < 4.78 is 26.7. The fourth-order valence-electron chi connectivity index (χ4n) is 4.17. The molecule has 4 aromatic rings. The van der Waals surface area contributed by atoms with E-state index in [0.717, 1.165) is 6.26 Å². The van der Waals surface area contributed by atoms with Crippen LogP contribution in [0.2, 0.25) is 0 Å². The molecule has 7 heteroatoms. The van der Waals surface area contributed by atoms with Crippen LogP contribution in [0.15, 0.2) is 115 Å². The zero-order valence-corrected chi connectivity index (χ0v) is 22.2. The minimum Gasteiger partial charge on any atom is -0.351 e. The number of rotatable bonds is 11. The van der Waals surface area contributed by atoms with Crippen LogP contribution in [-0.2, 0) is 25.7 Å². The van der Waals surface area contributed by atoms with Crippen LogP contribution in [0.5, 0.6) is 0 Å². The van der Waals surface area contributed by atoms with Crippen molar-refractivity contribution in [2.24, 2.45) is 0 Å². The third-order valence-electron chi connectivity index (χ3n) is 5.90. The molecule has 0 aliphatic carbocycles. The van der Waals surface area contributed by atoms with Crippen molar-refractivity contribution in [3.63, 3.8) is 0 Å². The summed E-state index contributed by atoms with van der Waals surface area (Å²) in [6, 6.07) is 38.1. The number of benzene rings is 4. The molecule has 0 saturated heterocycles. The lowest BCUT2D eigenvalue weighted by Crippen LogP contribution is -2.30. The topological polar surface area (TPSA) is 72.5 Å². The Labute approximate surface area is 223 Å². The third-order valence-corrected chi connectivity index (χ3v) is 8.00. The van der Waals surface area contributed by atoms with E-state index in [2.05, 4.69) is 78.1 Å². The molecule has 5 nitrogen and oxygen atoms in total. The van der Waals surface area contributed by atoms with Crippen molar-refractivity contribution in [2.45, 2.75) is 11.4 Å². The normalized spacial score (nSPS) is 11.7. The minimum absolute atomic E-state index is 0.0576. The van der Waals surface area contributed by atoms with Crippen molar-refractivity contribution in [1.29, 1.82) is 0 Å². The predicted octanol–water partition coefficient (Wildman–Crippen LogP) is 5.62. The molecule has 0 aliphatic heterocycles. The van der Waals surface area contributed by atoms with E-state index in [0.29, 0.717) is 23.4 Å². The van der Waals surface area contributed by atoms with E-state index in [1.165, 1.54) is 16.7 Å². The summed E-state index contributed by atoms with van der Waals surface area (Å²) in [5.74, 6) is 0.506. The number of hydrogen-bond acceptors (Lipinski definition) is 5. The molecule has 0 radical (unpaired) electrons. The fourth-order valence-corrected chi connectivity index (χ4v) is 5.94. The molecule has 0 aromatic heterocycles. The Morgan fingerprint density at radius 1 is 0.757 bits per heavy atom. The van der Waals surface area contributed by atoms with Crippen LogP contribution >= 0.6 is 11.8 Å². The van der Waals surface area contributed by atoms with Crippen LogP contribution in [0, 0.1) is 0 Å². The first kappa shape index (κ1) is 26.7. The molecule has 0 unspecified atom stereocenters. The van der Waals surface area contributed by atoms with Gasteiger partial charge in [-0.05, 0) is 34.4 Å². The molecule has 0 saturated carbocycles. The van der Waals surface area contributed by atoms with Gasteiger partial charge in [-0.25, -0.2) is 0 Å². The van der Waals surface area contributed by atoms with Crippen LogP contribution in [-0.4, -0.2) is 32.9 Å². The second-order valence-corrected chi connectivity index (χ2v) is 11.5. The van der Waals surface area contributed by atoms with Gasteiger partial charge in [0, 0.05) is 17.9 Å². The van der Waals surface area contributed by atoms with Crippen LogP contribution in [0.25, 0.3) is 0 Å². The van der Waals surface area contributed by atoms with Gasteiger partial charge >= 0.3 is 0 Å². The number of nitrogens with one attached hydrogen (secondary N) is 1. The van der Waals surface area contributed by atoms with Gasteiger partial charge in [0.05, 0.1) is 17.6 Å². The number of thioether (sulfide) groups is 1. The van der Waals surface area contributed by atoms with Crippen LogP contribution in [0.3, 0.4) is 0 Å². The van der Waals surface area contributed by atoms with Crippen molar-refractivity contribution >= 4 is 27.8 Å². The van der Waals surface area contributed by atoms with Gasteiger partial charge in [-0.15, -0.1) is 11.8 Å². The van der Waals surface area contributed by atoms with E-state index >= 15 is 0 Å². The van der Waals surface area contributed by atoms with Gasteiger partial charge in [0.15, 0.2) is 0 Å². The number of carbonyl (C=O) groups is 1. The van der Waals surface area contributed by atoms with E-state index < -0.39 is 14.9 Å². The Hall–Kier alpha value is -3.39. The molecule has 1 N–H and O–H groups in total. The van der Waals surface area contributed by atoms with E-state index in [1.807, 2.05) is 18.2 Å². The maximum Gasteiger partial charge on any atom is 0.264 e. The minimum atomic E-state index is -3.52. The highest BCUT2D eigenvalue weighted by atomic mass is 32.2. The van der Waals surface area contributed by atoms with Crippen molar-refractivity contribution in [2.75, 3.05) is 18.6 Å². The maximum absolute atomic E-state index is 12.8. The molecular formula is C30H29NO4S2.